The van der Waals surface area contributed by atoms with Crippen LogP contribution < -0.4 is 5.32 Å². The maximum Gasteiger partial charge on any atom is 0.269 e. The van der Waals surface area contributed by atoms with Crippen LogP contribution in [0.4, 0.5) is 5.69 Å². The molecule has 2 aromatic rings. The molecule has 0 heterocycles. The molecule has 2 atom stereocenters. The van der Waals surface area contributed by atoms with Crippen LogP contribution in [0.1, 0.15) is 107 Å². The number of aryl methyl sites for hydroxylation is 1. The first kappa shape index (κ1) is 31.4. The first-order valence-electron chi connectivity index (χ1n) is 14.4. The highest BCUT2D eigenvalue weighted by molar-refractivity contribution is 5.76. The summed E-state index contributed by atoms with van der Waals surface area (Å²) in [6.07, 6.45) is 16.3. The zero-order chi connectivity index (χ0) is 27.4. The van der Waals surface area contributed by atoms with E-state index in [4.69, 9.17) is 0 Å². The van der Waals surface area contributed by atoms with Crippen molar-refractivity contribution in [3.8, 4) is 0 Å². The first-order valence-corrected chi connectivity index (χ1v) is 14.4. The van der Waals surface area contributed by atoms with E-state index in [2.05, 4.69) is 35.6 Å². The van der Waals surface area contributed by atoms with Gasteiger partial charge in [0.2, 0.25) is 5.91 Å². The van der Waals surface area contributed by atoms with Gasteiger partial charge in [0.1, 0.15) is 6.10 Å². The van der Waals surface area contributed by atoms with Gasteiger partial charge in [0.05, 0.1) is 17.6 Å². The van der Waals surface area contributed by atoms with Crippen molar-refractivity contribution < 1.29 is 19.9 Å². The number of hydrogen-bond donors (Lipinski definition) is 3. The minimum Gasteiger partial charge on any atom is -0.394 e. The monoisotopic (exact) mass is 526 g/mol. The summed E-state index contributed by atoms with van der Waals surface area (Å²) in [6, 6.07) is 15.3. The third-order valence-electron chi connectivity index (χ3n) is 7.08. The zero-order valence-corrected chi connectivity index (χ0v) is 22.7. The van der Waals surface area contributed by atoms with E-state index in [9.17, 15) is 25.1 Å². The summed E-state index contributed by atoms with van der Waals surface area (Å²) in [5, 5.41) is 33.5. The number of nitro groups is 1. The molecule has 0 aliphatic carbocycles. The number of hydrogen-bond acceptors (Lipinski definition) is 5. The van der Waals surface area contributed by atoms with E-state index in [1.165, 1.54) is 100 Å². The predicted molar refractivity (Wildman–Crippen MR) is 152 cm³/mol. The van der Waals surface area contributed by atoms with Crippen LogP contribution in [-0.2, 0) is 11.2 Å². The third kappa shape index (κ3) is 13.2. The summed E-state index contributed by atoms with van der Waals surface area (Å²) in [5.74, 6) is -0.204. The van der Waals surface area contributed by atoms with Gasteiger partial charge in [-0.25, -0.2) is 0 Å². The van der Waals surface area contributed by atoms with Gasteiger partial charge in [-0.15, -0.1) is 0 Å². The van der Waals surface area contributed by atoms with Gasteiger partial charge in [-0.2, -0.15) is 0 Å². The second-order valence-corrected chi connectivity index (χ2v) is 10.2. The maximum atomic E-state index is 12.3. The third-order valence-corrected chi connectivity index (χ3v) is 7.08. The number of unbranched alkanes of at least 4 members (excludes halogenated alkanes) is 12. The Morgan fingerprint density at radius 3 is 1.76 bits per heavy atom. The molecule has 3 N–H and O–H groups in total. The van der Waals surface area contributed by atoms with Crippen LogP contribution in [0.3, 0.4) is 0 Å². The van der Waals surface area contributed by atoms with Crippen LogP contribution in [0.2, 0.25) is 0 Å². The highest BCUT2D eigenvalue weighted by Gasteiger charge is 2.22. The van der Waals surface area contributed by atoms with Crippen molar-refractivity contribution in [2.45, 2.75) is 108 Å². The fourth-order valence-electron chi connectivity index (χ4n) is 4.73. The lowest BCUT2D eigenvalue weighted by Gasteiger charge is -2.22. The number of aliphatic hydroxyl groups excluding tert-OH is 2. The lowest BCUT2D eigenvalue weighted by atomic mass is 10.0. The lowest BCUT2D eigenvalue weighted by molar-refractivity contribution is -0.384. The molecule has 0 unspecified atom stereocenters. The Kier molecular flexibility index (Phi) is 16.0. The topological polar surface area (TPSA) is 113 Å². The average molecular weight is 527 g/mol. The van der Waals surface area contributed by atoms with Gasteiger partial charge in [-0.05, 0) is 42.5 Å². The number of non-ortho nitro benzene ring substituents is 1. The lowest BCUT2D eigenvalue weighted by Crippen LogP contribution is -2.41. The van der Waals surface area contributed by atoms with Crippen molar-refractivity contribution in [2.75, 3.05) is 6.61 Å². The number of nitrogens with zero attached hydrogens (tertiary/aromatic N) is 1. The van der Waals surface area contributed by atoms with E-state index < -0.39 is 23.7 Å². The summed E-state index contributed by atoms with van der Waals surface area (Å²) in [5.41, 5.74) is 1.78. The van der Waals surface area contributed by atoms with Crippen LogP contribution in [0, 0.1) is 10.1 Å². The molecule has 0 radical (unpaired) electrons. The van der Waals surface area contributed by atoms with Gasteiger partial charge in [-0.3, -0.25) is 14.9 Å². The normalized spacial score (nSPS) is 12.7. The summed E-state index contributed by atoms with van der Waals surface area (Å²) < 4.78 is 0. The van der Waals surface area contributed by atoms with Gasteiger partial charge in [-0.1, -0.05) is 101 Å². The molecule has 7 heteroatoms. The van der Waals surface area contributed by atoms with E-state index in [0.29, 0.717) is 12.0 Å². The van der Waals surface area contributed by atoms with Crippen LogP contribution in [0.5, 0.6) is 0 Å². The van der Waals surface area contributed by atoms with Gasteiger partial charge in [0.25, 0.3) is 5.69 Å². The molecule has 2 rings (SSSR count). The Bertz CT molecular complexity index is 904. The van der Waals surface area contributed by atoms with Crippen LogP contribution in [0.25, 0.3) is 0 Å². The van der Waals surface area contributed by atoms with E-state index in [-0.39, 0.29) is 11.6 Å². The highest BCUT2D eigenvalue weighted by Crippen LogP contribution is 2.21. The van der Waals surface area contributed by atoms with Gasteiger partial charge in [0.15, 0.2) is 0 Å². The fraction of sp³-hybridized carbons (Fsp3) is 0.581. The molecule has 0 saturated heterocycles. The zero-order valence-electron chi connectivity index (χ0n) is 22.7. The molecule has 210 valence electrons. The number of aliphatic hydroxyl groups is 2. The molecule has 0 saturated carbocycles. The van der Waals surface area contributed by atoms with E-state index in [0.717, 1.165) is 19.3 Å². The summed E-state index contributed by atoms with van der Waals surface area (Å²) >= 11 is 0. The largest absolute Gasteiger partial charge is 0.394 e. The van der Waals surface area contributed by atoms with Crippen LogP contribution in [-0.4, -0.2) is 33.7 Å². The Labute approximate surface area is 227 Å². The number of carbonyl (C=O) groups is 1. The molecular weight excluding hydrogens is 480 g/mol. The molecule has 0 spiro atoms. The van der Waals surface area contributed by atoms with Crippen LogP contribution in [0.15, 0.2) is 54.6 Å². The Hall–Kier alpha value is -2.77. The molecule has 0 aliphatic heterocycles. The standard InChI is InChI=1S/C31H46N2O5/c34-25-29(31(36)27-21-23-28(24-22-27)33(37)38)32-30(35)20-16-11-9-7-5-3-1-2-4-6-8-10-13-17-26-18-14-12-15-19-26/h12,14-15,18-19,21-24,29,31,34,36H,1-11,13,16-17,20,25H2,(H,32,35)/t29-,31-/m1/s1. The molecule has 0 fully saturated rings. The first-order chi connectivity index (χ1) is 18.5. The molecule has 0 aliphatic rings. The van der Waals surface area contributed by atoms with E-state index in [1.54, 1.807) is 0 Å². The second-order valence-electron chi connectivity index (χ2n) is 10.2. The van der Waals surface area contributed by atoms with Crippen LogP contribution >= 0.6 is 0 Å². The van der Waals surface area contributed by atoms with Crippen molar-refractivity contribution >= 4 is 11.6 Å². The molecule has 1 amide bonds. The number of carbonyl (C=O) groups excluding carboxylic acids is 1. The van der Waals surface area contributed by atoms with Crippen molar-refractivity contribution in [2.24, 2.45) is 0 Å². The van der Waals surface area contributed by atoms with Crippen molar-refractivity contribution in [1.82, 2.24) is 5.32 Å². The Balaban J connectivity index is 1.41. The van der Waals surface area contributed by atoms with E-state index in [1.807, 2.05) is 0 Å². The molecule has 0 aromatic heterocycles. The average Bonchev–Trinajstić information content (AvgIpc) is 2.94. The number of rotatable bonds is 21. The number of nitrogens with one attached hydrogen (secondary N) is 1. The smallest absolute Gasteiger partial charge is 0.269 e. The predicted octanol–water partition coefficient (Wildman–Crippen LogP) is 6.81. The summed E-state index contributed by atoms with van der Waals surface area (Å²) in [4.78, 5) is 22.5. The summed E-state index contributed by atoms with van der Waals surface area (Å²) in [7, 11) is 0. The van der Waals surface area contributed by atoms with Gasteiger partial charge < -0.3 is 15.5 Å². The number of nitro benzene ring substituents is 1. The molecule has 7 nitrogen and oxygen atoms in total. The molecule has 38 heavy (non-hydrogen) atoms. The van der Waals surface area contributed by atoms with Gasteiger partial charge in [0, 0.05) is 18.6 Å². The van der Waals surface area contributed by atoms with Crippen molar-refractivity contribution in [3.63, 3.8) is 0 Å². The van der Waals surface area contributed by atoms with Crippen molar-refractivity contribution in [1.29, 1.82) is 0 Å². The van der Waals surface area contributed by atoms with E-state index >= 15 is 0 Å². The van der Waals surface area contributed by atoms with Gasteiger partial charge >= 0.3 is 0 Å². The second kappa shape index (κ2) is 19.3. The Morgan fingerprint density at radius 2 is 1.26 bits per heavy atom. The number of amides is 1. The molecule has 2 aromatic carbocycles. The minimum atomic E-state index is -1.13. The number of benzene rings is 2. The SMILES string of the molecule is O=C(CCCCCCCCCCCCCCCc1ccccc1)N[C@H](CO)[C@H](O)c1ccc([N+](=O)[O-])cc1. The maximum absolute atomic E-state index is 12.3. The fourth-order valence-corrected chi connectivity index (χ4v) is 4.73. The minimum absolute atomic E-state index is 0.0775. The summed E-state index contributed by atoms with van der Waals surface area (Å²) in [6.45, 7) is -0.418. The highest BCUT2D eigenvalue weighted by atomic mass is 16.6. The Morgan fingerprint density at radius 1 is 0.763 bits per heavy atom. The molecular formula is C31H46N2O5. The quantitative estimate of drug-likeness (QED) is 0.0939. The molecule has 0 bridgehead atoms. The van der Waals surface area contributed by atoms with Crippen molar-refractivity contribution in [3.05, 3.63) is 75.8 Å².